The number of anilines is 2. The van der Waals surface area contributed by atoms with Crippen molar-refractivity contribution in [3.63, 3.8) is 0 Å². The summed E-state index contributed by atoms with van der Waals surface area (Å²) < 4.78 is 39.6. The summed E-state index contributed by atoms with van der Waals surface area (Å²) in [6.07, 6.45) is 5.20. The maximum atomic E-state index is 14.3. The molecule has 0 unspecified atom stereocenters. The summed E-state index contributed by atoms with van der Waals surface area (Å²) in [5.41, 5.74) is 6.56. The quantitative estimate of drug-likeness (QED) is 0.461. The number of piperidine rings is 1. The topological polar surface area (TPSA) is 106 Å². The highest BCUT2D eigenvalue weighted by molar-refractivity contribution is 5.85. The fraction of sp³-hybridized carbons (Fsp3) is 0.538. The van der Waals surface area contributed by atoms with E-state index in [1.807, 2.05) is 18.7 Å². The SMILES string of the molecule is CC(C)c1noc(N2CCC([C@H](C)Oc3cnc(N4C[C@H](c5cc(F)ccc5F)[C@@H](N)C4)nc3)CC2)n1.Cl. The fourth-order valence-corrected chi connectivity index (χ4v) is 5.11. The van der Waals surface area contributed by atoms with Crippen LogP contribution in [-0.2, 0) is 0 Å². The van der Waals surface area contributed by atoms with Crippen molar-refractivity contribution in [2.45, 2.75) is 57.6 Å². The molecular formula is C26H34ClF2N7O2. The number of rotatable bonds is 7. The van der Waals surface area contributed by atoms with Crippen molar-refractivity contribution in [1.82, 2.24) is 20.1 Å². The van der Waals surface area contributed by atoms with Gasteiger partial charge in [0.05, 0.1) is 18.5 Å². The molecule has 5 rings (SSSR count). The predicted molar refractivity (Wildman–Crippen MR) is 142 cm³/mol. The number of hydrogen-bond acceptors (Lipinski definition) is 9. The average Bonchev–Trinajstić information content (AvgIpc) is 3.54. The highest BCUT2D eigenvalue weighted by atomic mass is 35.5. The van der Waals surface area contributed by atoms with Crippen molar-refractivity contribution in [3.05, 3.63) is 53.6 Å². The van der Waals surface area contributed by atoms with E-state index in [9.17, 15) is 8.78 Å². The van der Waals surface area contributed by atoms with Crippen LogP contribution in [0.15, 0.2) is 35.1 Å². The van der Waals surface area contributed by atoms with Crippen LogP contribution in [0.1, 0.15) is 56.8 Å². The Balaban J connectivity index is 0.00000336. The highest BCUT2D eigenvalue weighted by Gasteiger charge is 2.34. The van der Waals surface area contributed by atoms with Gasteiger partial charge in [-0.3, -0.25) is 0 Å². The number of hydrogen-bond donors (Lipinski definition) is 1. The third-order valence-corrected chi connectivity index (χ3v) is 7.36. The molecule has 2 aliphatic rings. The molecule has 2 N–H and O–H groups in total. The van der Waals surface area contributed by atoms with E-state index in [1.165, 1.54) is 6.07 Å². The summed E-state index contributed by atoms with van der Waals surface area (Å²) >= 11 is 0. The van der Waals surface area contributed by atoms with E-state index in [0.717, 1.165) is 43.9 Å². The van der Waals surface area contributed by atoms with Crippen molar-refractivity contribution < 1.29 is 18.0 Å². The molecule has 2 saturated heterocycles. The van der Waals surface area contributed by atoms with Gasteiger partial charge in [0, 0.05) is 44.1 Å². The lowest BCUT2D eigenvalue weighted by Gasteiger charge is -2.33. The van der Waals surface area contributed by atoms with E-state index in [0.29, 0.717) is 36.7 Å². The van der Waals surface area contributed by atoms with Gasteiger partial charge < -0.3 is 24.8 Å². The molecule has 4 heterocycles. The fourth-order valence-electron chi connectivity index (χ4n) is 5.11. The van der Waals surface area contributed by atoms with Crippen LogP contribution in [0.5, 0.6) is 5.75 Å². The van der Waals surface area contributed by atoms with Crippen LogP contribution >= 0.6 is 12.4 Å². The molecule has 3 atom stereocenters. The molecule has 2 aromatic heterocycles. The molecule has 0 saturated carbocycles. The maximum absolute atomic E-state index is 14.3. The van der Waals surface area contributed by atoms with Crippen molar-refractivity contribution >= 4 is 24.4 Å². The van der Waals surface area contributed by atoms with Crippen LogP contribution in [0.4, 0.5) is 20.7 Å². The molecule has 38 heavy (non-hydrogen) atoms. The average molecular weight is 550 g/mol. The summed E-state index contributed by atoms with van der Waals surface area (Å²) in [6.45, 7) is 8.67. The van der Waals surface area contributed by atoms with E-state index >= 15 is 0 Å². The van der Waals surface area contributed by atoms with E-state index in [1.54, 1.807) is 12.4 Å². The zero-order valence-electron chi connectivity index (χ0n) is 21.8. The lowest BCUT2D eigenvalue weighted by molar-refractivity contribution is 0.131. The zero-order valence-corrected chi connectivity index (χ0v) is 22.6. The van der Waals surface area contributed by atoms with Gasteiger partial charge in [0.25, 0.3) is 0 Å². The van der Waals surface area contributed by atoms with Gasteiger partial charge >= 0.3 is 6.01 Å². The Kier molecular flexibility index (Phi) is 8.67. The molecular weight excluding hydrogens is 516 g/mol. The molecule has 0 aliphatic carbocycles. The smallest absolute Gasteiger partial charge is 0.324 e. The Bertz CT molecular complexity index is 1200. The van der Waals surface area contributed by atoms with E-state index < -0.39 is 11.6 Å². The second-order valence-corrected chi connectivity index (χ2v) is 10.3. The van der Waals surface area contributed by atoms with E-state index in [-0.39, 0.29) is 42.0 Å². The van der Waals surface area contributed by atoms with Gasteiger partial charge in [-0.15, -0.1) is 12.4 Å². The molecule has 2 fully saturated rings. The Morgan fingerprint density at radius 2 is 1.76 bits per heavy atom. The van der Waals surface area contributed by atoms with Gasteiger partial charge in [-0.05, 0) is 49.4 Å². The number of nitrogens with zero attached hydrogens (tertiary/aromatic N) is 6. The standard InChI is InChI=1S/C26H33F2N7O2.ClH/c1-15(2)24-32-26(37-33-24)34-8-6-17(7-9-34)16(3)36-19-11-30-25(31-12-19)35-13-21(23(29)14-35)20-10-18(27)4-5-22(20)28;/h4-5,10-12,15-17,21,23H,6-9,13-14,29H2,1-3H3;1H/t16-,21+,23-;/m0./s1. The number of nitrogens with two attached hydrogens (primary N) is 1. The summed E-state index contributed by atoms with van der Waals surface area (Å²) in [6, 6.07) is 3.70. The van der Waals surface area contributed by atoms with Gasteiger partial charge in [0.1, 0.15) is 11.6 Å². The Hall–Kier alpha value is -3.05. The van der Waals surface area contributed by atoms with Crippen LogP contribution in [0.25, 0.3) is 0 Å². The lowest BCUT2D eigenvalue weighted by Crippen LogP contribution is -2.38. The van der Waals surface area contributed by atoms with Crippen LogP contribution in [-0.4, -0.2) is 58.4 Å². The largest absolute Gasteiger partial charge is 0.487 e. The Labute approximate surface area is 227 Å². The van der Waals surface area contributed by atoms with Gasteiger partial charge in [-0.2, -0.15) is 4.98 Å². The lowest BCUT2D eigenvalue weighted by atomic mass is 9.92. The third-order valence-electron chi connectivity index (χ3n) is 7.36. The number of benzene rings is 1. The van der Waals surface area contributed by atoms with Gasteiger partial charge in [-0.25, -0.2) is 18.7 Å². The van der Waals surface area contributed by atoms with Crippen LogP contribution < -0.4 is 20.3 Å². The molecule has 0 amide bonds. The van der Waals surface area contributed by atoms with Crippen molar-refractivity contribution in [2.24, 2.45) is 11.7 Å². The molecule has 0 bridgehead atoms. The molecule has 3 aromatic rings. The van der Waals surface area contributed by atoms with Gasteiger partial charge in [-0.1, -0.05) is 19.0 Å². The van der Waals surface area contributed by atoms with Crippen molar-refractivity contribution in [3.8, 4) is 5.75 Å². The van der Waals surface area contributed by atoms with Gasteiger partial charge in [0.2, 0.25) is 5.95 Å². The second kappa shape index (κ2) is 11.8. The van der Waals surface area contributed by atoms with Crippen molar-refractivity contribution in [1.29, 1.82) is 0 Å². The minimum atomic E-state index is -0.477. The minimum absolute atomic E-state index is 0. The second-order valence-electron chi connectivity index (χ2n) is 10.3. The molecule has 12 heteroatoms. The summed E-state index contributed by atoms with van der Waals surface area (Å²) in [7, 11) is 0. The molecule has 9 nitrogen and oxygen atoms in total. The highest BCUT2D eigenvalue weighted by Crippen LogP contribution is 2.32. The maximum Gasteiger partial charge on any atom is 0.324 e. The molecule has 1 aromatic carbocycles. The first-order chi connectivity index (χ1) is 17.8. The van der Waals surface area contributed by atoms with Crippen LogP contribution in [0.3, 0.4) is 0 Å². The predicted octanol–water partition coefficient (Wildman–Crippen LogP) is 4.30. The summed E-state index contributed by atoms with van der Waals surface area (Å²) in [4.78, 5) is 17.4. The first-order valence-electron chi connectivity index (χ1n) is 12.8. The molecule has 2 aliphatic heterocycles. The Morgan fingerprint density at radius 1 is 1.05 bits per heavy atom. The molecule has 0 spiro atoms. The number of ether oxygens (including phenoxy) is 1. The zero-order chi connectivity index (χ0) is 26.1. The number of aromatic nitrogens is 4. The number of halogens is 3. The minimum Gasteiger partial charge on any atom is -0.487 e. The van der Waals surface area contributed by atoms with Crippen LogP contribution in [0.2, 0.25) is 0 Å². The monoisotopic (exact) mass is 549 g/mol. The van der Waals surface area contributed by atoms with E-state index in [4.69, 9.17) is 15.0 Å². The normalized spacial score (nSPS) is 21.0. The molecule has 206 valence electrons. The van der Waals surface area contributed by atoms with Crippen molar-refractivity contribution in [2.75, 3.05) is 36.0 Å². The first kappa shape index (κ1) is 28.0. The summed E-state index contributed by atoms with van der Waals surface area (Å²) in [5, 5.41) is 4.06. The van der Waals surface area contributed by atoms with E-state index in [2.05, 4.69) is 31.9 Å². The first-order valence-corrected chi connectivity index (χ1v) is 12.8. The molecule has 0 radical (unpaired) electrons. The van der Waals surface area contributed by atoms with Gasteiger partial charge in [0.15, 0.2) is 11.6 Å². The summed E-state index contributed by atoms with van der Waals surface area (Å²) in [5.74, 6) is 1.14. The van der Waals surface area contributed by atoms with Crippen LogP contribution in [0, 0.1) is 17.6 Å². The Morgan fingerprint density at radius 3 is 2.42 bits per heavy atom. The third kappa shape index (κ3) is 5.99.